The Morgan fingerprint density at radius 2 is 2.00 bits per heavy atom. The molecule has 2 aromatic rings. The highest BCUT2D eigenvalue weighted by atomic mass is 15.2. The summed E-state index contributed by atoms with van der Waals surface area (Å²) < 4.78 is 0. The van der Waals surface area contributed by atoms with Crippen molar-refractivity contribution in [1.82, 2.24) is 14.9 Å². The number of aromatic nitrogens is 2. The van der Waals surface area contributed by atoms with Crippen molar-refractivity contribution >= 4 is 5.69 Å². The van der Waals surface area contributed by atoms with Gasteiger partial charge >= 0.3 is 0 Å². The Labute approximate surface area is 119 Å². The minimum Gasteiger partial charge on any atom is -0.324 e. The van der Waals surface area contributed by atoms with Gasteiger partial charge in [-0.15, -0.1) is 0 Å². The van der Waals surface area contributed by atoms with Crippen LogP contribution in [0.5, 0.6) is 0 Å². The minimum atomic E-state index is 0.779. The standard InChI is InChI=1S/C15H21N5/c1-3-20(10-14-6-4-5-12(2)18-14)11-15-9-13(19-16)7-8-17-15/h4-9H,3,10-11,16H2,1-2H3,(H,17,19). The molecule has 0 aromatic carbocycles. The zero-order valence-corrected chi connectivity index (χ0v) is 12.0. The Kier molecular flexibility index (Phi) is 5.03. The van der Waals surface area contributed by atoms with Gasteiger partial charge in [0.25, 0.3) is 0 Å². The highest BCUT2D eigenvalue weighted by molar-refractivity contribution is 5.41. The van der Waals surface area contributed by atoms with Crippen LogP contribution in [0.3, 0.4) is 0 Å². The molecule has 0 aliphatic carbocycles. The molecule has 0 spiro atoms. The Morgan fingerprint density at radius 3 is 2.70 bits per heavy atom. The van der Waals surface area contributed by atoms with E-state index in [1.807, 2.05) is 31.2 Å². The summed E-state index contributed by atoms with van der Waals surface area (Å²) in [4.78, 5) is 11.2. The second kappa shape index (κ2) is 6.98. The SMILES string of the molecule is CCN(Cc1cc(NN)ccn1)Cc1cccc(C)n1. The molecule has 0 saturated heterocycles. The van der Waals surface area contributed by atoms with E-state index in [1.54, 1.807) is 6.20 Å². The van der Waals surface area contributed by atoms with E-state index in [0.29, 0.717) is 0 Å². The van der Waals surface area contributed by atoms with E-state index in [4.69, 9.17) is 5.84 Å². The molecule has 0 fully saturated rings. The van der Waals surface area contributed by atoms with Crippen molar-refractivity contribution in [2.45, 2.75) is 26.9 Å². The number of nitrogens with zero attached hydrogens (tertiary/aromatic N) is 3. The van der Waals surface area contributed by atoms with Crippen LogP contribution in [0.2, 0.25) is 0 Å². The van der Waals surface area contributed by atoms with Gasteiger partial charge in [-0.25, -0.2) is 0 Å². The van der Waals surface area contributed by atoms with E-state index in [2.05, 4.69) is 33.3 Å². The van der Waals surface area contributed by atoms with E-state index < -0.39 is 0 Å². The largest absolute Gasteiger partial charge is 0.324 e. The number of anilines is 1. The fourth-order valence-electron chi connectivity index (χ4n) is 2.08. The Balaban J connectivity index is 2.05. The van der Waals surface area contributed by atoms with Gasteiger partial charge in [-0.3, -0.25) is 20.7 Å². The molecular weight excluding hydrogens is 250 g/mol. The van der Waals surface area contributed by atoms with Crippen LogP contribution in [0.4, 0.5) is 5.69 Å². The number of nitrogen functional groups attached to an aromatic ring is 1. The van der Waals surface area contributed by atoms with Gasteiger partial charge in [0.2, 0.25) is 0 Å². The summed E-state index contributed by atoms with van der Waals surface area (Å²) in [5.74, 6) is 5.42. The number of hydrazine groups is 1. The van der Waals surface area contributed by atoms with Crippen LogP contribution < -0.4 is 11.3 Å². The van der Waals surface area contributed by atoms with Gasteiger partial charge in [0.1, 0.15) is 0 Å². The van der Waals surface area contributed by atoms with Gasteiger partial charge in [-0.05, 0) is 37.7 Å². The maximum absolute atomic E-state index is 5.42. The maximum atomic E-state index is 5.42. The second-order valence-electron chi connectivity index (χ2n) is 4.75. The molecule has 3 N–H and O–H groups in total. The molecule has 0 amide bonds. The van der Waals surface area contributed by atoms with Gasteiger partial charge < -0.3 is 5.43 Å². The van der Waals surface area contributed by atoms with Crippen molar-refractivity contribution in [2.75, 3.05) is 12.0 Å². The van der Waals surface area contributed by atoms with Crippen molar-refractivity contribution in [3.8, 4) is 0 Å². The average Bonchev–Trinajstić information content (AvgIpc) is 2.47. The third kappa shape index (κ3) is 4.01. The average molecular weight is 271 g/mol. The topological polar surface area (TPSA) is 67.1 Å². The van der Waals surface area contributed by atoms with Crippen molar-refractivity contribution in [2.24, 2.45) is 5.84 Å². The number of nitrogens with one attached hydrogen (secondary N) is 1. The van der Waals surface area contributed by atoms with E-state index in [1.165, 1.54) is 0 Å². The first-order valence-electron chi connectivity index (χ1n) is 6.77. The molecule has 2 heterocycles. The number of aryl methyl sites for hydroxylation is 1. The fraction of sp³-hybridized carbons (Fsp3) is 0.333. The summed E-state index contributed by atoms with van der Waals surface area (Å²) in [6.07, 6.45) is 1.77. The summed E-state index contributed by atoms with van der Waals surface area (Å²) in [6.45, 7) is 6.69. The van der Waals surface area contributed by atoms with E-state index in [0.717, 1.165) is 42.4 Å². The van der Waals surface area contributed by atoms with Crippen molar-refractivity contribution < 1.29 is 0 Å². The lowest BCUT2D eigenvalue weighted by molar-refractivity contribution is 0.265. The Hall–Kier alpha value is -1.98. The highest BCUT2D eigenvalue weighted by Gasteiger charge is 2.07. The van der Waals surface area contributed by atoms with E-state index >= 15 is 0 Å². The molecule has 2 rings (SSSR count). The van der Waals surface area contributed by atoms with Gasteiger partial charge in [0, 0.05) is 25.0 Å². The fourth-order valence-corrected chi connectivity index (χ4v) is 2.08. The summed E-state index contributed by atoms with van der Waals surface area (Å²) in [5.41, 5.74) is 6.65. The van der Waals surface area contributed by atoms with Crippen molar-refractivity contribution in [3.05, 3.63) is 53.6 Å². The molecule has 0 saturated carbocycles. The van der Waals surface area contributed by atoms with Crippen molar-refractivity contribution in [3.63, 3.8) is 0 Å². The number of pyridine rings is 2. The molecule has 0 radical (unpaired) electrons. The van der Waals surface area contributed by atoms with Crippen LogP contribution in [0.25, 0.3) is 0 Å². The van der Waals surface area contributed by atoms with Crippen LogP contribution in [0.15, 0.2) is 36.5 Å². The van der Waals surface area contributed by atoms with Crippen LogP contribution in [0, 0.1) is 6.92 Å². The molecule has 0 aliphatic heterocycles. The lowest BCUT2D eigenvalue weighted by atomic mass is 10.2. The molecule has 5 nitrogen and oxygen atoms in total. The van der Waals surface area contributed by atoms with Gasteiger partial charge in [0.15, 0.2) is 0 Å². The Bertz CT molecular complexity index is 555. The zero-order chi connectivity index (χ0) is 14.4. The monoisotopic (exact) mass is 271 g/mol. The summed E-state index contributed by atoms with van der Waals surface area (Å²) in [5, 5.41) is 0. The molecule has 20 heavy (non-hydrogen) atoms. The molecular formula is C15H21N5. The molecule has 0 bridgehead atoms. The van der Waals surface area contributed by atoms with Crippen LogP contribution in [-0.2, 0) is 13.1 Å². The number of rotatable bonds is 6. The van der Waals surface area contributed by atoms with Gasteiger partial charge in [-0.2, -0.15) is 0 Å². The summed E-state index contributed by atoms with van der Waals surface area (Å²) in [7, 11) is 0. The second-order valence-corrected chi connectivity index (χ2v) is 4.75. The number of nitrogens with two attached hydrogens (primary N) is 1. The third-order valence-electron chi connectivity index (χ3n) is 3.15. The van der Waals surface area contributed by atoms with Crippen molar-refractivity contribution in [1.29, 1.82) is 0 Å². The van der Waals surface area contributed by atoms with Gasteiger partial charge in [0.05, 0.1) is 17.1 Å². The van der Waals surface area contributed by atoms with Crippen LogP contribution in [0.1, 0.15) is 24.0 Å². The first-order chi connectivity index (χ1) is 9.71. The maximum Gasteiger partial charge on any atom is 0.0565 e. The summed E-state index contributed by atoms with van der Waals surface area (Å²) >= 11 is 0. The van der Waals surface area contributed by atoms with E-state index in [-0.39, 0.29) is 0 Å². The molecule has 0 atom stereocenters. The van der Waals surface area contributed by atoms with E-state index in [9.17, 15) is 0 Å². The zero-order valence-electron chi connectivity index (χ0n) is 12.0. The number of hydrogen-bond acceptors (Lipinski definition) is 5. The molecule has 0 aliphatic rings. The minimum absolute atomic E-state index is 0.779. The number of hydrogen-bond donors (Lipinski definition) is 2. The van der Waals surface area contributed by atoms with Crippen LogP contribution >= 0.6 is 0 Å². The predicted molar refractivity (Wildman–Crippen MR) is 80.8 cm³/mol. The first kappa shape index (κ1) is 14.4. The third-order valence-corrected chi connectivity index (χ3v) is 3.15. The molecule has 106 valence electrons. The first-order valence-corrected chi connectivity index (χ1v) is 6.77. The molecule has 2 aromatic heterocycles. The van der Waals surface area contributed by atoms with Crippen LogP contribution in [-0.4, -0.2) is 21.4 Å². The van der Waals surface area contributed by atoms with Gasteiger partial charge in [-0.1, -0.05) is 13.0 Å². The predicted octanol–water partition coefficient (Wildman–Crippen LogP) is 2.09. The highest BCUT2D eigenvalue weighted by Crippen LogP contribution is 2.11. The lowest BCUT2D eigenvalue weighted by Gasteiger charge is -2.20. The smallest absolute Gasteiger partial charge is 0.0565 e. The molecule has 5 heteroatoms. The quantitative estimate of drug-likeness (QED) is 0.622. The normalized spacial score (nSPS) is 10.8. The lowest BCUT2D eigenvalue weighted by Crippen LogP contribution is -2.23. The Morgan fingerprint density at radius 1 is 1.20 bits per heavy atom. The summed E-state index contributed by atoms with van der Waals surface area (Å²) in [6, 6.07) is 9.93. The molecule has 0 unspecified atom stereocenters.